The third-order valence-electron chi connectivity index (χ3n) is 7.63. The second-order valence-corrected chi connectivity index (χ2v) is 11.6. The molecule has 0 spiro atoms. The molecule has 0 saturated heterocycles. The fourth-order valence-corrected chi connectivity index (χ4v) is 5.76. The van der Waals surface area contributed by atoms with E-state index in [2.05, 4.69) is 15.9 Å². The highest BCUT2D eigenvalue weighted by Crippen LogP contribution is 2.49. The third-order valence-corrected chi connectivity index (χ3v) is 8.13. The number of allylic oxidation sites excluding steroid dienone is 3. The van der Waals surface area contributed by atoms with Crippen LogP contribution in [0, 0.1) is 17.2 Å². The van der Waals surface area contributed by atoms with E-state index in [0.717, 1.165) is 39.5 Å². The van der Waals surface area contributed by atoms with E-state index < -0.39 is 40.1 Å². The van der Waals surface area contributed by atoms with Crippen molar-refractivity contribution in [1.82, 2.24) is 4.90 Å². The van der Waals surface area contributed by atoms with Crippen LogP contribution in [0.25, 0.3) is 0 Å². The third kappa shape index (κ3) is 6.21. The van der Waals surface area contributed by atoms with Crippen molar-refractivity contribution in [3.8, 4) is 6.07 Å². The van der Waals surface area contributed by atoms with Gasteiger partial charge >= 0.3 is 6.18 Å². The van der Waals surface area contributed by atoms with Gasteiger partial charge < -0.3 is 10.0 Å². The molecule has 40 heavy (non-hydrogen) atoms. The van der Waals surface area contributed by atoms with Crippen molar-refractivity contribution in [1.29, 1.82) is 5.26 Å². The maximum Gasteiger partial charge on any atom is 0.418 e. The van der Waals surface area contributed by atoms with Crippen molar-refractivity contribution in [2.45, 2.75) is 71.4 Å². The maximum absolute atomic E-state index is 14.3. The van der Waals surface area contributed by atoms with E-state index in [-0.39, 0.29) is 19.1 Å². The number of halogens is 4. The van der Waals surface area contributed by atoms with Gasteiger partial charge in [-0.2, -0.15) is 18.4 Å². The Labute approximate surface area is 242 Å². The van der Waals surface area contributed by atoms with E-state index in [4.69, 9.17) is 0 Å². The van der Waals surface area contributed by atoms with Crippen molar-refractivity contribution in [3.63, 3.8) is 0 Å². The Bertz CT molecular complexity index is 1290. The van der Waals surface area contributed by atoms with Crippen molar-refractivity contribution < 1.29 is 27.9 Å². The molecule has 0 saturated carbocycles. The molecule has 2 aliphatic rings. The molecule has 6 nitrogen and oxygen atoms in total. The summed E-state index contributed by atoms with van der Waals surface area (Å²) in [6, 6.07) is 7.14. The number of carbonyl (C=O) groups is 2. The van der Waals surface area contributed by atoms with Crippen LogP contribution in [-0.4, -0.2) is 47.7 Å². The van der Waals surface area contributed by atoms with Gasteiger partial charge in [0, 0.05) is 41.0 Å². The Hall–Kier alpha value is -2.90. The smallest absolute Gasteiger partial charge is 0.396 e. The van der Waals surface area contributed by atoms with Crippen LogP contribution >= 0.6 is 15.9 Å². The molecule has 216 valence electrons. The average Bonchev–Trinajstić information content (AvgIpc) is 3.10. The summed E-state index contributed by atoms with van der Waals surface area (Å²) in [7, 11) is 0. The molecule has 10 heteroatoms. The second kappa shape index (κ2) is 12.7. The molecule has 1 unspecified atom stereocenters. The number of amides is 2. The zero-order chi connectivity index (χ0) is 29.8. The highest BCUT2D eigenvalue weighted by molar-refractivity contribution is 9.10. The van der Waals surface area contributed by atoms with Crippen molar-refractivity contribution in [2.75, 3.05) is 24.6 Å². The molecule has 1 N–H and O–H groups in total. The Balaban J connectivity index is 2.19. The molecule has 0 bridgehead atoms. The molecule has 0 fully saturated rings. The Morgan fingerprint density at radius 1 is 1.12 bits per heavy atom. The van der Waals surface area contributed by atoms with Crippen LogP contribution in [0.5, 0.6) is 0 Å². The number of carbonyl (C=O) groups excluding carboxylic acids is 2. The predicted octanol–water partition coefficient (Wildman–Crippen LogP) is 6.71. The van der Waals surface area contributed by atoms with E-state index in [1.807, 2.05) is 50.8 Å². The van der Waals surface area contributed by atoms with Crippen LogP contribution in [0.4, 0.5) is 18.9 Å². The molecule has 0 aliphatic carbocycles. The van der Waals surface area contributed by atoms with Gasteiger partial charge in [0.05, 0.1) is 11.1 Å². The number of unbranched alkanes of at least 4 members (excludes halogenated alkanes) is 1. The molecule has 2 heterocycles. The Morgan fingerprint density at radius 2 is 1.82 bits per heavy atom. The summed E-state index contributed by atoms with van der Waals surface area (Å²) < 4.78 is 43.8. The summed E-state index contributed by atoms with van der Waals surface area (Å²) in [5, 5.41) is 19.1. The number of aliphatic hydroxyl groups is 1. The van der Waals surface area contributed by atoms with Crippen molar-refractivity contribution >= 4 is 33.4 Å². The van der Waals surface area contributed by atoms with Gasteiger partial charge in [0.2, 0.25) is 0 Å². The van der Waals surface area contributed by atoms with E-state index in [1.165, 1.54) is 12.1 Å². The molecule has 2 aliphatic heterocycles. The number of fused-ring (bicyclic) bond motifs is 1. The first-order valence-corrected chi connectivity index (χ1v) is 14.3. The number of hydrogen-bond acceptors (Lipinski definition) is 5. The number of benzene rings is 1. The number of alkyl halides is 3. The standard InChI is InChI=1S/C30H35BrF3N3O3/c1-5-7-9-19(6-2)18-37-27(39)21(26(30(32,33)34)22(17-35)28(37)40)11-13-25-29(3,4)23-16-20(31)10-12-24(23)36(25)14-8-15-38/h10-13,16,19,38H,5-9,14-15,18H2,1-4H3/b21-11-,25-13+. The molecule has 1 atom stereocenters. The minimum atomic E-state index is -5.09. The molecule has 1 aromatic carbocycles. The lowest BCUT2D eigenvalue weighted by atomic mass is 9.83. The normalized spacial score (nSPS) is 20.0. The van der Waals surface area contributed by atoms with Gasteiger partial charge in [0.1, 0.15) is 11.6 Å². The lowest BCUT2D eigenvalue weighted by Gasteiger charge is -2.32. The quantitative estimate of drug-likeness (QED) is 0.232. The Morgan fingerprint density at radius 3 is 2.40 bits per heavy atom. The lowest BCUT2D eigenvalue weighted by Crippen LogP contribution is -2.47. The van der Waals surface area contributed by atoms with Crippen LogP contribution in [0.2, 0.25) is 0 Å². The van der Waals surface area contributed by atoms with Crippen LogP contribution < -0.4 is 4.90 Å². The van der Waals surface area contributed by atoms with E-state index in [1.54, 1.807) is 0 Å². The maximum atomic E-state index is 14.3. The molecule has 0 radical (unpaired) electrons. The van der Waals surface area contributed by atoms with Gasteiger partial charge in [-0.15, -0.1) is 0 Å². The van der Waals surface area contributed by atoms with E-state index >= 15 is 0 Å². The highest BCUT2D eigenvalue weighted by Gasteiger charge is 2.49. The van der Waals surface area contributed by atoms with Crippen LogP contribution in [-0.2, 0) is 15.0 Å². The molecular weight excluding hydrogens is 587 g/mol. The summed E-state index contributed by atoms with van der Waals surface area (Å²) in [4.78, 5) is 29.4. The fourth-order valence-electron chi connectivity index (χ4n) is 5.39. The lowest BCUT2D eigenvalue weighted by molar-refractivity contribution is -0.144. The summed E-state index contributed by atoms with van der Waals surface area (Å²) >= 11 is 3.48. The first kappa shape index (κ1) is 31.6. The van der Waals surface area contributed by atoms with Gasteiger partial charge in [-0.1, -0.05) is 62.9 Å². The average molecular weight is 623 g/mol. The molecule has 1 aromatic rings. The molecular formula is C30H35BrF3N3O3. The topological polar surface area (TPSA) is 84.6 Å². The van der Waals surface area contributed by atoms with Crippen LogP contribution in [0.3, 0.4) is 0 Å². The van der Waals surface area contributed by atoms with Gasteiger partial charge in [0.15, 0.2) is 0 Å². The zero-order valence-corrected chi connectivity index (χ0v) is 24.8. The summed E-state index contributed by atoms with van der Waals surface area (Å²) in [5.74, 6) is -2.35. The summed E-state index contributed by atoms with van der Waals surface area (Å²) in [6.45, 7) is 8.06. The van der Waals surface area contributed by atoms with Gasteiger partial charge in [0.25, 0.3) is 11.8 Å². The minimum Gasteiger partial charge on any atom is -0.396 e. The van der Waals surface area contributed by atoms with Crippen LogP contribution in [0.15, 0.2) is 57.2 Å². The number of imide groups is 1. The number of anilines is 1. The van der Waals surface area contributed by atoms with Gasteiger partial charge in [-0.05, 0) is 54.7 Å². The number of rotatable bonds is 10. The number of hydrogen-bond donors (Lipinski definition) is 1. The van der Waals surface area contributed by atoms with E-state index in [0.29, 0.717) is 31.5 Å². The SMILES string of the molecule is CCCCC(CC)CN1C(=O)C(C#N)=C(C(F)(F)F)/C(=C/C=C2/N(CCCO)c3ccc(Br)cc3C2(C)C)C1=O. The summed E-state index contributed by atoms with van der Waals surface area (Å²) in [5.41, 5.74) is -1.53. The second-order valence-electron chi connectivity index (χ2n) is 10.6. The first-order chi connectivity index (χ1) is 18.8. The molecule has 2 amide bonds. The Kier molecular flexibility index (Phi) is 10.1. The highest BCUT2D eigenvalue weighted by atomic mass is 79.9. The zero-order valence-electron chi connectivity index (χ0n) is 23.2. The van der Waals surface area contributed by atoms with Crippen molar-refractivity contribution in [2.24, 2.45) is 5.92 Å². The summed E-state index contributed by atoms with van der Waals surface area (Å²) in [6.07, 6.45) is 1.01. The number of nitrogens with zero attached hydrogens (tertiary/aromatic N) is 3. The van der Waals surface area contributed by atoms with Crippen molar-refractivity contribution in [3.05, 3.63) is 62.8 Å². The number of aliphatic hydroxyl groups excluding tert-OH is 1. The largest absolute Gasteiger partial charge is 0.418 e. The van der Waals surface area contributed by atoms with E-state index in [9.17, 15) is 33.1 Å². The minimum absolute atomic E-state index is 0.0496. The van der Waals surface area contributed by atoms with Crippen LogP contribution in [0.1, 0.15) is 65.4 Å². The first-order valence-electron chi connectivity index (χ1n) is 13.5. The molecule has 0 aromatic heterocycles. The fraction of sp³-hybridized carbons (Fsp3) is 0.500. The number of nitriles is 1. The van der Waals surface area contributed by atoms with Gasteiger partial charge in [-0.25, -0.2) is 0 Å². The van der Waals surface area contributed by atoms with Gasteiger partial charge in [-0.3, -0.25) is 14.5 Å². The molecule has 3 rings (SSSR count). The monoisotopic (exact) mass is 621 g/mol. The predicted molar refractivity (Wildman–Crippen MR) is 151 cm³/mol.